The van der Waals surface area contributed by atoms with Crippen molar-refractivity contribution in [1.82, 2.24) is 0 Å². The lowest BCUT2D eigenvalue weighted by molar-refractivity contribution is 0.449. The summed E-state index contributed by atoms with van der Waals surface area (Å²) in [6.07, 6.45) is -0.941. The average Bonchev–Trinajstić information content (AvgIpc) is 3.01. The molecule has 0 heterocycles. The molecule has 4 aromatic carbocycles. The van der Waals surface area contributed by atoms with Crippen LogP contribution in [-0.4, -0.2) is 20.4 Å². The van der Waals surface area contributed by atoms with Gasteiger partial charge in [-0.25, -0.2) is 0 Å². The second kappa shape index (κ2) is 10.9. The van der Waals surface area contributed by atoms with E-state index in [1.807, 2.05) is 53.7 Å². The number of fused-ring (bicyclic) bond motifs is 8. The SMILES string of the molecule is [2H]c1c2c(O)c(c([2H])c1C(C([2H])([2H])[2H])(C([2H])([2H])[2H])C([2H])([2H])[2H])Cc1cc(C(C)(C)C)cc(c1O)Cc1cc(C(C)(C)C)cc(c1O)Cc1cccc(c1O)C2. The highest BCUT2D eigenvalue weighted by molar-refractivity contribution is 5.58. The van der Waals surface area contributed by atoms with Crippen LogP contribution < -0.4 is 0 Å². The van der Waals surface area contributed by atoms with E-state index in [1.54, 1.807) is 24.3 Å². The van der Waals surface area contributed by atoms with Gasteiger partial charge in [0.15, 0.2) is 0 Å². The highest BCUT2D eigenvalue weighted by atomic mass is 16.3. The molecule has 1 aliphatic carbocycles. The number of phenols is 4. The summed E-state index contributed by atoms with van der Waals surface area (Å²) in [5.41, 5.74) is -2.99. The summed E-state index contributed by atoms with van der Waals surface area (Å²) in [5.74, 6) is -1.28. The number of rotatable bonds is 0. The molecule has 232 valence electrons. The maximum atomic E-state index is 12.0. The molecule has 0 fully saturated rings. The molecule has 0 unspecified atom stereocenters. The van der Waals surface area contributed by atoms with Gasteiger partial charge in [-0.3, -0.25) is 0 Å². The maximum Gasteiger partial charge on any atom is 0.122 e. The lowest BCUT2D eigenvalue weighted by atomic mass is 9.80. The van der Waals surface area contributed by atoms with E-state index in [-0.39, 0.29) is 46.6 Å². The Morgan fingerprint density at radius 2 is 0.795 bits per heavy atom. The predicted octanol–water partition coefficient (Wildman–Crippen LogP) is 9.08. The molecular formula is C40H48O4. The molecule has 0 aliphatic heterocycles. The number of aromatic hydroxyl groups is 4. The molecule has 4 N–H and O–H groups in total. The van der Waals surface area contributed by atoms with Gasteiger partial charge in [0, 0.05) is 38.0 Å². The van der Waals surface area contributed by atoms with E-state index >= 15 is 0 Å². The highest BCUT2D eigenvalue weighted by Gasteiger charge is 2.26. The Morgan fingerprint density at radius 1 is 0.477 bits per heavy atom. The van der Waals surface area contributed by atoms with Gasteiger partial charge in [-0.15, -0.1) is 0 Å². The van der Waals surface area contributed by atoms with Crippen molar-refractivity contribution < 1.29 is 35.5 Å². The van der Waals surface area contributed by atoms with Gasteiger partial charge in [-0.2, -0.15) is 0 Å². The number of hydrogen-bond donors (Lipinski definition) is 4. The molecule has 4 aromatic rings. The van der Waals surface area contributed by atoms with E-state index in [2.05, 4.69) is 0 Å². The van der Waals surface area contributed by atoms with Crippen LogP contribution in [0.15, 0.2) is 54.5 Å². The zero-order chi connectivity index (χ0) is 41.6. The summed E-state index contributed by atoms with van der Waals surface area (Å²) in [7, 11) is 0. The van der Waals surface area contributed by atoms with Gasteiger partial charge < -0.3 is 20.4 Å². The molecule has 0 aromatic heterocycles. The van der Waals surface area contributed by atoms with Gasteiger partial charge >= 0.3 is 0 Å². The smallest absolute Gasteiger partial charge is 0.122 e. The van der Waals surface area contributed by atoms with Crippen molar-refractivity contribution in [2.45, 2.75) is 104 Å². The van der Waals surface area contributed by atoms with Crippen LogP contribution in [0.2, 0.25) is 0 Å². The summed E-state index contributed by atoms with van der Waals surface area (Å²) in [5, 5.41) is 47.4. The normalized spacial score (nSPS) is 18.5. The number of para-hydroxylation sites is 1. The summed E-state index contributed by atoms with van der Waals surface area (Å²) in [4.78, 5) is 0. The first-order valence-corrected chi connectivity index (χ1v) is 14.8. The van der Waals surface area contributed by atoms with Crippen LogP contribution >= 0.6 is 0 Å². The van der Waals surface area contributed by atoms with Gasteiger partial charge in [-0.1, -0.05) is 117 Å². The summed E-state index contributed by atoms with van der Waals surface area (Å²) in [6.45, 7) is 0.429. The van der Waals surface area contributed by atoms with Crippen LogP contribution in [0.1, 0.15) is 138 Å². The summed E-state index contributed by atoms with van der Waals surface area (Å²) in [6, 6.07) is 9.91. The topological polar surface area (TPSA) is 80.9 Å². The van der Waals surface area contributed by atoms with Gasteiger partial charge in [-0.05, 0) is 77.4 Å². The Balaban J connectivity index is 2.00. The molecule has 4 nitrogen and oxygen atoms in total. The van der Waals surface area contributed by atoms with E-state index in [1.165, 1.54) is 6.07 Å². The molecular weight excluding hydrogens is 544 g/mol. The molecule has 0 amide bonds. The molecule has 0 saturated heterocycles. The Hall–Kier alpha value is -3.92. The fraction of sp³-hybridized carbons (Fsp3) is 0.400. The van der Waals surface area contributed by atoms with Crippen LogP contribution in [0.5, 0.6) is 23.0 Å². The average molecular weight is 604 g/mol. The van der Waals surface area contributed by atoms with Crippen molar-refractivity contribution >= 4 is 0 Å². The number of phenolic OH excluding ortho intramolecular Hbond substituents is 4. The summed E-state index contributed by atoms with van der Waals surface area (Å²) < 4.78 is 94.3. The van der Waals surface area contributed by atoms with Crippen LogP contribution in [0.4, 0.5) is 0 Å². The third-order valence-electron chi connectivity index (χ3n) is 8.47. The summed E-state index contributed by atoms with van der Waals surface area (Å²) >= 11 is 0. The van der Waals surface area contributed by atoms with Crippen molar-refractivity contribution in [1.29, 1.82) is 0 Å². The molecule has 0 atom stereocenters. The quantitative estimate of drug-likeness (QED) is 0.142. The first kappa shape index (κ1) is 20.2. The number of hydrogen-bond acceptors (Lipinski definition) is 4. The standard InChI is InChI=1S/C40H48O4/c1-38(2,3)31-17-25-13-23-11-10-12-24(34(23)41)14-26-18-32(39(4,5)6)20-28(36(26)43)16-30-22-33(40(7,8)9)21-29(37(30)44)15-27(19-31)35(25)42/h10-12,17-22,41-44H,13-16H2,1-9H3/i1D3,2D3,3D3,17D,19D. The van der Waals surface area contributed by atoms with Crippen LogP contribution in [0.25, 0.3) is 0 Å². The molecule has 0 saturated carbocycles. The molecule has 1 aliphatic rings. The minimum atomic E-state index is -3.82. The van der Waals surface area contributed by atoms with Gasteiger partial charge in [0.25, 0.3) is 0 Å². The Bertz CT molecular complexity index is 2130. The van der Waals surface area contributed by atoms with Crippen molar-refractivity contribution in [2.24, 2.45) is 0 Å². The molecule has 8 bridgehead atoms. The van der Waals surface area contributed by atoms with Gasteiger partial charge in [0.2, 0.25) is 0 Å². The predicted molar refractivity (Wildman–Crippen MR) is 180 cm³/mol. The van der Waals surface area contributed by atoms with E-state index in [0.29, 0.717) is 27.8 Å². The zero-order valence-corrected chi connectivity index (χ0v) is 26.2. The van der Waals surface area contributed by atoms with Crippen LogP contribution in [-0.2, 0) is 41.9 Å². The van der Waals surface area contributed by atoms with Crippen molar-refractivity contribution in [3.05, 3.63) is 116 Å². The van der Waals surface area contributed by atoms with Gasteiger partial charge in [0.05, 0.1) is 2.74 Å². The molecule has 44 heavy (non-hydrogen) atoms. The Labute approximate surface area is 278 Å². The first-order valence-electron chi connectivity index (χ1n) is 20.3. The van der Waals surface area contributed by atoms with E-state index in [0.717, 1.165) is 5.56 Å². The lowest BCUT2D eigenvalue weighted by Crippen LogP contribution is -2.15. The monoisotopic (exact) mass is 603 g/mol. The third-order valence-corrected chi connectivity index (χ3v) is 8.47. The fourth-order valence-corrected chi connectivity index (χ4v) is 5.72. The largest absolute Gasteiger partial charge is 0.507 e. The van der Waals surface area contributed by atoms with Crippen LogP contribution in [0.3, 0.4) is 0 Å². The van der Waals surface area contributed by atoms with E-state index < -0.39 is 78.8 Å². The zero-order valence-electron chi connectivity index (χ0n) is 37.2. The van der Waals surface area contributed by atoms with E-state index in [9.17, 15) is 23.2 Å². The van der Waals surface area contributed by atoms with Gasteiger partial charge in [0.1, 0.15) is 23.0 Å². The molecule has 0 radical (unpaired) electrons. The second-order valence-corrected chi connectivity index (χ2v) is 14.1. The fourth-order valence-electron chi connectivity index (χ4n) is 5.72. The molecule has 4 heteroatoms. The maximum absolute atomic E-state index is 12.0. The van der Waals surface area contributed by atoms with Crippen LogP contribution in [0, 0.1) is 0 Å². The minimum Gasteiger partial charge on any atom is -0.507 e. The van der Waals surface area contributed by atoms with Crippen molar-refractivity contribution in [2.75, 3.05) is 0 Å². The Morgan fingerprint density at radius 3 is 1.18 bits per heavy atom. The third kappa shape index (κ3) is 6.18. The van der Waals surface area contributed by atoms with E-state index in [4.69, 9.17) is 12.3 Å². The number of benzene rings is 4. The van der Waals surface area contributed by atoms with Crippen molar-refractivity contribution in [3.8, 4) is 23.0 Å². The molecule has 5 rings (SSSR count). The highest BCUT2D eigenvalue weighted by Crippen LogP contribution is 2.41. The second-order valence-electron chi connectivity index (χ2n) is 14.1. The molecule has 0 spiro atoms. The first-order chi connectivity index (χ1) is 24.9. The Kier molecular flexibility index (Phi) is 5.00. The van der Waals surface area contributed by atoms with Crippen molar-refractivity contribution in [3.63, 3.8) is 0 Å². The lowest BCUT2D eigenvalue weighted by Gasteiger charge is -2.26. The minimum absolute atomic E-state index is 0.0274.